The van der Waals surface area contributed by atoms with Gasteiger partial charge in [0, 0.05) is 117 Å². The molecule has 3 aliphatic heterocycles. The minimum Gasteiger partial charge on any atom is -0.409 e. The van der Waals surface area contributed by atoms with Gasteiger partial charge in [-0.05, 0) is 92.2 Å². The van der Waals surface area contributed by atoms with Crippen LogP contribution < -0.4 is 47.3 Å². The number of likely N-dealkylation sites (N-methyl/N-ethyl adjacent to an activating group) is 1. The fraction of sp³-hybridized carbons (Fsp3) is 0.327. The van der Waals surface area contributed by atoms with Gasteiger partial charge in [-0.3, -0.25) is 38.5 Å². The Kier molecular flexibility index (Phi) is 16.6. The Balaban J connectivity index is 0.812. The van der Waals surface area contributed by atoms with E-state index >= 15 is 0 Å². The van der Waals surface area contributed by atoms with Crippen LogP contribution in [0.2, 0.25) is 0 Å². The number of nitrogens with one attached hydrogen (secondary N) is 7. The lowest BCUT2D eigenvalue weighted by Gasteiger charge is -2.31. The van der Waals surface area contributed by atoms with Crippen molar-refractivity contribution in [3.63, 3.8) is 0 Å². The fourth-order valence-corrected chi connectivity index (χ4v) is 8.98. The number of rotatable bonds is 20. The average molecular weight is 1010 g/mol. The molecule has 22 heteroatoms. The van der Waals surface area contributed by atoms with Gasteiger partial charge in [-0.1, -0.05) is 24.3 Å². The van der Waals surface area contributed by atoms with Crippen LogP contribution >= 0.6 is 0 Å². The van der Waals surface area contributed by atoms with Crippen molar-refractivity contribution in [1.82, 2.24) is 41.0 Å². The van der Waals surface area contributed by atoms with E-state index in [0.717, 1.165) is 34.3 Å². The number of ether oxygens (including phenoxy) is 1. The molecule has 0 bridgehead atoms. The summed E-state index contributed by atoms with van der Waals surface area (Å²) in [6, 6.07) is 21.2. The summed E-state index contributed by atoms with van der Waals surface area (Å²) in [5.74, 6) is -2.43. The van der Waals surface area contributed by atoms with Crippen molar-refractivity contribution in [2.24, 2.45) is 5.73 Å². The molecule has 0 aliphatic carbocycles. The molecule has 1 aromatic heterocycles. The van der Waals surface area contributed by atoms with Crippen molar-refractivity contribution in [2.45, 2.75) is 38.1 Å². The van der Waals surface area contributed by atoms with E-state index in [9.17, 15) is 43.2 Å². The predicted molar refractivity (Wildman–Crippen MR) is 275 cm³/mol. The number of nitrogens with two attached hydrogens (primary N) is 1. The molecule has 5 aromatic rings. The van der Waals surface area contributed by atoms with Gasteiger partial charge in [0.1, 0.15) is 11.4 Å². The van der Waals surface area contributed by atoms with E-state index in [1.165, 1.54) is 24.3 Å². The molecule has 386 valence electrons. The Morgan fingerprint density at radius 1 is 0.743 bits per heavy atom. The number of piperazine rings is 1. The molecular weight excluding hydrogens is 953 g/mol. The minimum absolute atomic E-state index is 0.0843. The van der Waals surface area contributed by atoms with Crippen molar-refractivity contribution in [3.05, 3.63) is 108 Å². The first-order chi connectivity index (χ1) is 35.7. The van der Waals surface area contributed by atoms with Crippen LogP contribution in [0.4, 0.5) is 26.7 Å². The lowest BCUT2D eigenvalue weighted by molar-refractivity contribution is -0.137. The molecule has 0 saturated carbocycles. The number of fused-ring (bicyclic) bond motifs is 4. The zero-order chi connectivity index (χ0) is 52.3. The van der Waals surface area contributed by atoms with Crippen molar-refractivity contribution < 1.29 is 47.9 Å². The van der Waals surface area contributed by atoms with E-state index in [2.05, 4.69) is 41.8 Å². The second kappa shape index (κ2) is 23.7. The molecule has 0 unspecified atom stereocenters. The summed E-state index contributed by atoms with van der Waals surface area (Å²) in [5.41, 5.74) is 9.04. The van der Waals surface area contributed by atoms with Crippen molar-refractivity contribution in [2.75, 3.05) is 88.0 Å². The topological polar surface area (TPSA) is 290 Å². The molecule has 9 N–H and O–H groups in total. The summed E-state index contributed by atoms with van der Waals surface area (Å²) in [4.78, 5) is 124. The SMILES string of the molecule is CN1CCN(C(=O)Oc2cc3c(c4ccccc24)CCN3C(=O)c2cc3cc(NC(=O)c4ccc(NC(=O)CNC(=O)[C@H](CCCNC(N)=O)NCCNC(=O)CCCN5C(=O)C=CC5=O)cc4)ccc3[nH]2)CC1. The molecule has 1 saturated heterocycles. The number of urea groups is 1. The molecule has 10 amide bonds. The summed E-state index contributed by atoms with van der Waals surface area (Å²) in [7, 11) is 2.02. The largest absolute Gasteiger partial charge is 0.415 e. The fourth-order valence-electron chi connectivity index (χ4n) is 8.98. The first-order valence-electron chi connectivity index (χ1n) is 24.4. The van der Waals surface area contributed by atoms with Crippen LogP contribution in [0.5, 0.6) is 5.75 Å². The summed E-state index contributed by atoms with van der Waals surface area (Å²) < 4.78 is 6.01. The van der Waals surface area contributed by atoms with E-state index in [1.54, 1.807) is 52.3 Å². The zero-order valence-electron chi connectivity index (χ0n) is 40.8. The molecule has 8 rings (SSSR count). The predicted octanol–water partition coefficient (Wildman–Crippen LogP) is 2.81. The van der Waals surface area contributed by atoms with Crippen LogP contribution in [0.25, 0.3) is 21.7 Å². The number of amides is 10. The van der Waals surface area contributed by atoms with Crippen molar-refractivity contribution in [3.8, 4) is 5.75 Å². The van der Waals surface area contributed by atoms with Crippen molar-refractivity contribution >= 4 is 92.2 Å². The van der Waals surface area contributed by atoms with E-state index in [1.807, 2.05) is 31.3 Å². The van der Waals surface area contributed by atoms with E-state index in [4.69, 9.17) is 10.5 Å². The third kappa shape index (κ3) is 12.9. The van der Waals surface area contributed by atoms with Gasteiger partial charge in [0.2, 0.25) is 17.7 Å². The second-order valence-electron chi connectivity index (χ2n) is 18.1. The van der Waals surface area contributed by atoms with Gasteiger partial charge in [-0.25, -0.2) is 9.59 Å². The number of hydrogen-bond donors (Lipinski definition) is 8. The summed E-state index contributed by atoms with van der Waals surface area (Å²) in [5, 5.41) is 18.8. The Morgan fingerprint density at radius 3 is 2.22 bits per heavy atom. The summed E-state index contributed by atoms with van der Waals surface area (Å²) in [6.07, 6.45) is 3.59. The Bertz CT molecular complexity index is 3000. The number of aromatic nitrogens is 1. The smallest absolute Gasteiger partial charge is 0.409 e. The van der Waals surface area contributed by atoms with Gasteiger partial charge in [0.05, 0.1) is 18.3 Å². The number of carbonyl (C=O) groups is 9. The normalized spacial score (nSPS) is 14.7. The molecule has 22 nitrogen and oxygen atoms in total. The number of anilines is 3. The number of imide groups is 1. The Labute approximate surface area is 425 Å². The highest BCUT2D eigenvalue weighted by Gasteiger charge is 2.31. The van der Waals surface area contributed by atoms with Gasteiger partial charge >= 0.3 is 12.1 Å². The lowest BCUT2D eigenvalue weighted by Crippen LogP contribution is -2.48. The first kappa shape index (κ1) is 51.7. The minimum atomic E-state index is -0.786. The van der Waals surface area contributed by atoms with Crippen molar-refractivity contribution in [1.29, 1.82) is 0 Å². The number of hydrogen-bond acceptors (Lipinski definition) is 12. The summed E-state index contributed by atoms with van der Waals surface area (Å²) in [6.45, 7) is 3.39. The Morgan fingerprint density at radius 2 is 1.47 bits per heavy atom. The zero-order valence-corrected chi connectivity index (χ0v) is 40.8. The highest BCUT2D eigenvalue weighted by Crippen LogP contribution is 2.41. The van der Waals surface area contributed by atoms with Crippen LogP contribution in [0.3, 0.4) is 0 Å². The van der Waals surface area contributed by atoms with Crippen LogP contribution in [-0.2, 0) is 30.4 Å². The average Bonchev–Trinajstić information content (AvgIpc) is 4.11. The van der Waals surface area contributed by atoms with Gasteiger partial charge < -0.3 is 62.1 Å². The molecule has 0 radical (unpaired) electrons. The number of aromatic amines is 1. The highest BCUT2D eigenvalue weighted by atomic mass is 16.6. The van der Waals surface area contributed by atoms with E-state index in [-0.39, 0.29) is 63.8 Å². The highest BCUT2D eigenvalue weighted by molar-refractivity contribution is 6.13. The van der Waals surface area contributed by atoms with Gasteiger partial charge in [0.15, 0.2) is 0 Å². The molecule has 1 atom stereocenters. The number of H-pyrrole nitrogens is 1. The maximum atomic E-state index is 14.2. The number of primary amides is 1. The standard InChI is InChI=1S/C52H58N12O10/c1-61-24-26-62(27-25-61)52(73)74-43-30-42-37(36-6-2-3-7-38(36)43)18-23-63(42)50(71)41-29-33-28-35(14-15-39(33)60-41)59-48(69)32-10-12-34(13-11-32)58-45(66)31-57-49(70)40(8-4-19-56-51(53)72)54-20-21-55-44(65)9-5-22-64-46(67)16-17-47(64)68/h2-3,6-7,10-17,28-30,40,54,60H,4-5,8-9,18-27,31H2,1H3,(H,55,65)(H,57,70)(H,58,66)(H,59,69)(H3,53,56,72)/t40-/m0/s1. The van der Waals surface area contributed by atoms with Crippen LogP contribution in [0, 0.1) is 0 Å². The van der Waals surface area contributed by atoms with Crippen LogP contribution in [0.1, 0.15) is 52.1 Å². The quantitative estimate of drug-likeness (QED) is 0.0413. The molecule has 74 heavy (non-hydrogen) atoms. The van der Waals surface area contributed by atoms with Crippen LogP contribution in [0.15, 0.2) is 91.0 Å². The van der Waals surface area contributed by atoms with Crippen LogP contribution in [-0.4, -0.2) is 152 Å². The Hall–Kier alpha value is -8.63. The van der Waals surface area contributed by atoms with E-state index < -0.39 is 47.7 Å². The number of benzene rings is 4. The number of nitrogens with zero attached hydrogens (tertiary/aromatic N) is 4. The lowest BCUT2D eigenvalue weighted by atomic mass is 10.0. The van der Waals surface area contributed by atoms with Gasteiger partial charge in [0.25, 0.3) is 23.6 Å². The summed E-state index contributed by atoms with van der Waals surface area (Å²) >= 11 is 0. The number of carbonyl (C=O) groups excluding carboxylic acids is 9. The maximum Gasteiger partial charge on any atom is 0.415 e. The van der Waals surface area contributed by atoms with Gasteiger partial charge in [-0.15, -0.1) is 0 Å². The molecule has 4 aromatic carbocycles. The molecule has 1 fully saturated rings. The molecule has 0 spiro atoms. The third-order valence-corrected chi connectivity index (χ3v) is 12.9. The maximum absolute atomic E-state index is 14.2. The first-order valence-corrected chi connectivity index (χ1v) is 24.4. The molecule has 3 aliphatic rings. The molecule has 4 heterocycles. The third-order valence-electron chi connectivity index (χ3n) is 12.9. The monoisotopic (exact) mass is 1010 g/mol. The van der Waals surface area contributed by atoms with Gasteiger partial charge in [-0.2, -0.15) is 0 Å². The second-order valence-corrected chi connectivity index (χ2v) is 18.1. The van der Waals surface area contributed by atoms with E-state index in [0.29, 0.717) is 77.4 Å². The molecular formula is C52H58N12O10.